The number of hydrogen-bond acceptors (Lipinski definition) is 3. The van der Waals surface area contributed by atoms with Crippen molar-refractivity contribution in [3.8, 4) is 11.4 Å². The lowest BCUT2D eigenvalue weighted by atomic mass is 10.1. The normalized spacial score (nSPS) is 11.4. The van der Waals surface area contributed by atoms with Crippen molar-refractivity contribution in [3.05, 3.63) is 42.2 Å². The molecule has 0 saturated carbocycles. The van der Waals surface area contributed by atoms with Crippen molar-refractivity contribution in [2.75, 3.05) is 7.11 Å². The minimum atomic E-state index is -4.49. The number of nitrogens with zero attached hydrogens (tertiary/aromatic N) is 2. The molecule has 0 atom stereocenters. The van der Waals surface area contributed by atoms with E-state index in [1.165, 1.54) is 42.3 Å². The molecular formula is C13H11F3N2O2. The fraction of sp³-hybridized carbons (Fsp3) is 0.231. The Kier molecular flexibility index (Phi) is 3.78. The largest absolute Gasteiger partial charge is 0.468 e. The van der Waals surface area contributed by atoms with Gasteiger partial charge in [0.25, 0.3) is 0 Å². The molecule has 2 rings (SSSR count). The molecule has 2 aromatic rings. The highest BCUT2D eigenvalue weighted by atomic mass is 19.4. The lowest BCUT2D eigenvalue weighted by molar-refractivity contribution is -0.141. The van der Waals surface area contributed by atoms with Crippen molar-refractivity contribution in [1.82, 2.24) is 9.55 Å². The van der Waals surface area contributed by atoms with Crippen molar-refractivity contribution in [2.24, 2.45) is 0 Å². The molecule has 0 aliphatic heterocycles. The molecule has 0 aliphatic carbocycles. The zero-order valence-corrected chi connectivity index (χ0v) is 10.5. The molecule has 7 heteroatoms. The van der Waals surface area contributed by atoms with Gasteiger partial charge in [0.1, 0.15) is 12.4 Å². The van der Waals surface area contributed by atoms with Gasteiger partial charge in [-0.15, -0.1) is 0 Å². The van der Waals surface area contributed by atoms with Crippen LogP contribution < -0.4 is 0 Å². The lowest BCUT2D eigenvalue weighted by Crippen LogP contribution is -2.14. The second-order valence-corrected chi connectivity index (χ2v) is 4.00. The van der Waals surface area contributed by atoms with Crippen molar-refractivity contribution in [1.29, 1.82) is 0 Å². The molecule has 106 valence electrons. The van der Waals surface area contributed by atoms with E-state index in [9.17, 15) is 18.0 Å². The molecule has 0 bridgehead atoms. The molecule has 4 nitrogen and oxygen atoms in total. The second-order valence-electron chi connectivity index (χ2n) is 4.00. The van der Waals surface area contributed by atoms with Crippen LogP contribution in [0.15, 0.2) is 36.7 Å². The zero-order chi connectivity index (χ0) is 14.8. The molecule has 1 aromatic heterocycles. The molecule has 0 amide bonds. The third-order valence-electron chi connectivity index (χ3n) is 2.72. The Morgan fingerprint density at radius 2 is 2.05 bits per heavy atom. The average molecular weight is 284 g/mol. The molecule has 0 N–H and O–H groups in total. The number of carbonyl (C=O) groups is 1. The van der Waals surface area contributed by atoms with Crippen molar-refractivity contribution >= 4 is 5.97 Å². The Morgan fingerprint density at radius 3 is 2.70 bits per heavy atom. The standard InChI is InChI=1S/C13H11F3N2O2/c1-20-11(19)8-18-7-6-17-12(18)9-4-2-3-5-10(9)13(14,15)16/h2-7H,8H2,1H3. The Hall–Kier alpha value is -2.31. The van der Waals surface area contributed by atoms with E-state index in [0.717, 1.165) is 6.07 Å². The number of aromatic nitrogens is 2. The van der Waals surface area contributed by atoms with Crippen LogP contribution in [0, 0.1) is 0 Å². The molecule has 0 spiro atoms. The number of benzene rings is 1. The summed E-state index contributed by atoms with van der Waals surface area (Å²) >= 11 is 0. The number of ether oxygens (including phenoxy) is 1. The number of rotatable bonds is 3. The quantitative estimate of drug-likeness (QED) is 0.814. The van der Waals surface area contributed by atoms with E-state index in [1.54, 1.807) is 0 Å². The van der Waals surface area contributed by atoms with Gasteiger partial charge in [0, 0.05) is 18.0 Å². The smallest absolute Gasteiger partial charge is 0.417 e. The summed E-state index contributed by atoms with van der Waals surface area (Å²) < 4.78 is 44.7. The maximum Gasteiger partial charge on any atom is 0.417 e. The third kappa shape index (κ3) is 2.81. The van der Waals surface area contributed by atoms with Gasteiger partial charge in [-0.05, 0) is 6.07 Å². The summed E-state index contributed by atoms with van der Waals surface area (Å²) in [5, 5.41) is 0. The predicted molar refractivity (Wildman–Crippen MR) is 64.7 cm³/mol. The molecule has 0 unspecified atom stereocenters. The van der Waals surface area contributed by atoms with Gasteiger partial charge in [0.05, 0.1) is 12.7 Å². The Labute approximate surface area is 112 Å². The van der Waals surface area contributed by atoms with Gasteiger partial charge in [-0.1, -0.05) is 18.2 Å². The van der Waals surface area contributed by atoms with Crippen LogP contribution in [0.4, 0.5) is 13.2 Å². The highest BCUT2D eigenvalue weighted by Crippen LogP contribution is 2.36. The Morgan fingerprint density at radius 1 is 1.35 bits per heavy atom. The third-order valence-corrected chi connectivity index (χ3v) is 2.72. The minimum Gasteiger partial charge on any atom is -0.468 e. The lowest BCUT2D eigenvalue weighted by Gasteiger charge is -2.13. The van der Waals surface area contributed by atoms with Gasteiger partial charge in [-0.2, -0.15) is 13.2 Å². The molecule has 0 fully saturated rings. The molecule has 0 aliphatic rings. The Balaban J connectivity index is 2.48. The molecule has 1 heterocycles. The molecular weight excluding hydrogens is 273 g/mol. The van der Waals surface area contributed by atoms with Crippen LogP contribution >= 0.6 is 0 Å². The maximum atomic E-state index is 13.0. The predicted octanol–water partition coefficient (Wildman–Crippen LogP) is 2.74. The highest BCUT2D eigenvalue weighted by molar-refractivity contribution is 5.71. The minimum absolute atomic E-state index is 0.0725. The van der Waals surface area contributed by atoms with Crippen LogP contribution in [-0.4, -0.2) is 22.6 Å². The fourth-order valence-corrected chi connectivity index (χ4v) is 1.81. The number of carbonyl (C=O) groups excluding carboxylic acids is 1. The van der Waals surface area contributed by atoms with Gasteiger partial charge < -0.3 is 9.30 Å². The number of alkyl halides is 3. The van der Waals surface area contributed by atoms with Crippen LogP contribution in [0.3, 0.4) is 0 Å². The van der Waals surface area contributed by atoms with E-state index < -0.39 is 17.7 Å². The van der Waals surface area contributed by atoms with Crippen LogP contribution in [0.1, 0.15) is 5.56 Å². The van der Waals surface area contributed by atoms with Crippen LogP contribution in [0.25, 0.3) is 11.4 Å². The first-order valence-electron chi connectivity index (χ1n) is 5.68. The molecule has 0 radical (unpaired) electrons. The molecule has 1 aromatic carbocycles. The molecule has 0 saturated heterocycles. The van der Waals surface area contributed by atoms with Crippen LogP contribution in [0.5, 0.6) is 0 Å². The number of esters is 1. The van der Waals surface area contributed by atoms with E-state index in [4.69, 9.17) is 0 Å². The maximum absolute atomic E-state index is 13.0. The fourth-order valence-electron chi connectivity index (χ4n) is 1.81. The monoisotopic (exact) mass is 284 g/mol. The Bertz CT molecular complexity index is 620. The van der Waals surface area contributed by atoms with Crippen molar-refractivity contribution in [3.63, 3.8) is 0 Å². The van der Waals surface area contributed by atoms with Gasteiger partial charge in [-0.3, -0.25) is 4.79 Å². The van der Waals surface area contributed by atoms with Crippen molar-refractivity contribution in [2.45, 2.75) is 12.7 Å². The van der Waals surface area contributed by atoms with Gasteiger partial charge in [0.15, 0.2) is 0 Å². The first kappa shape index (κ1) is 14.1. The summed E-state index contributed by atoms with van der Waals surface area (Å²) in [6, 6.07) is 5.09. The van der Waals surface area contributed by atoms with E-state index in [0.29, 0.717) is 0 Å². The van der Waals surface area contributed by atoms with Gasteiger partial charge in [-0.25, -0.2) is 4.98 Å². The second kappa shape index (κ2) is 5.36. The number of methoxy groups -OCH3 is 1. The average Bonchev–Trinajstić information content (AvgIpc) is 2.85. The summed E-state index contributed by atoms with van der Waals surface area (Å²) in [4.78, 5) is 15.2. The van der Waals surface area contributed by atoms with Gasteiger partial charge in [0.2, 0.25) is 0 Å². The molecule has 20 heavy (non-hydrogen) atoms. The first-order chi connectivity index (χ1) is 9.43. The highest BCUT2D eigenvalue weighted by Gasteiger charge is 2.34. The van der Waals surface area contributed by atoms with E-state index in [-0.39, 0.29) is 17.9 Å². The summed E-state index contributed by atoms with van der Waals surface area (Å²) in [6.45, 7) is -0.196. The summed E-state index contributed by atoms with van der Waals surface area (Å²) in [5.41, 5.74) is -0.869. The van der Waals surface area contributed by atoms with Crippen LogP contribution in [0.2, 0.25) is 0 Å². The topological polar surface area (TPSA) is 44.1 Å². The number of imidazole rings is 1. The zero-order valence-electron chi connectivity index (χ0n) is 10.5. The number of halogens is 3. The number of hydrogen-bond donors (Lipinski definition) is 0. The van der Waals surface area contributed by atoms with E-state index in [1.807, 2.05) is 0 Å². The first-order valence-corrected chi connectivity index (χ1v) is 5.68. The van der Waals surface area contributed by atoms with Gasteiger partial charge >= 0.3 is 12.1 Å². The van der Waals surface area contributed by atoms with E-state index in [2.05, 4.69) is 9.72 Å². The summed E-state index contributed by atoms with van der Waals surface area (Å²) in [6.07, 6.45) is -1.72. The SMILES string of the molecule is COC(=O)Cn1ccnc1-c1ccccc1C(F)(F)F. The summed E-state index contributed by atoms with van der Waals surface area (Å²) in [5.74, 6) is -0.489. The summed E-state index contributed by atoms with van der Waals surface area (Å²) in [7, 11) is 1.21. The van der Waals surface area contributed by atoms with E-state index >= 15 is 0 Å². The van der Waals surface area contributed by atoms with Crippen molar-refractivity contribution < 1.29 is 22.7 Å². The van der Waals surface area contributed by atoms with Crippen LogP contribution in [-0.2, 0) is 22.3 Å².